The Morgan fingerprint density at radius 3 is 2.10 bits per heavy atom. The summed E-state index contributed by atoms with van der Waals surface area (Å²) in [6.45, 7) is 14.4. The highest BCUT2D eigenvalue weighted by atomic mass is 16.5. The van der Waals surface area contributed by atoms with E-state index >= 15 is 0 Å². The molecular weight excluding hydrogens is 362 g/mol. The van der Waals surface area contributed by atoms with Crippen LogP contribution >= 0.6 is 0 Å². The number of ether oxygens (including phenoxy) is 2. The van der Waals surface area contributed by atoms with Crippen LogP contribution in [0.3, 0.4) is 0 Å². The van der Waals surface area contributed by atoms with Gasteiger partial charge in [0.05, 0.1) is 13.2 Å². The molecule has 0 aliphatic carbocycles. The second kappa shape index (κ2) is 9.82. The van der Waals surface area contributed by atoms with Gasteiger partial charge in [-0.05, 0) is 92.1 Å². The number of hydrogen-bond acceptors (Lipinski definition) is 3. The molecule has 0 radical (unpaired) electrons. The lowest BCUT2D eigenvalue weighted by molar-refractivity contribution is -0.128. The van der Waals surface area contributed by atoms with E-state index in [-0.39, 0.29) is 11.9 Å². The second-order valence-corrected chi connectivity index (χ2v) is 8.17. The van der Waals surface area contributed by atoms with Gasteiger partial charge in [0.2, 0.25) is 0 Å². The molecule has 0 heterocycles. The van der Waals surface area contributed by atoms with Crippen LogP contribution in [0.4, 0.5) is 0 Å². The lowest BCUT2D eigenvalue weighted by Gasteiger charge is -2.24. The molecule has 0 saturated heterocycles. The van der Waals surface area contributed by atoms with Gasteiger partial charge < -0.3 is 14.8 Å². The van der Waals surface area contributed by atoms with Crippen LogP contribution < -0.4 is 14.8 Å². The minimum absolute atomic E-state index is 0.0968. The SMILES string of the molecule is CC[C@@H](Oc1cc(C)cc(C)c1)C(=O)N[C@H](C)c1cc(C(C)C)c(OC)cc1C. The molecule has 2 atom stereocenters. The zero-order valence-corrected chi connectivity index (χ0v) is 19.1. The quantitative estimate of drug-likeness (QED) is 0.614. The normalized spacial score (nSPS) is 13.1. The summed E-state index contributed by atoms with van der Waals surface area (Å²) in [6.07, 6.45) is 0.0754. The Morgan fingerprint density at radius 1 is 0.966 bits per heavy atom. The fraction of sp³-hybridized carbons (Fsp3) is 0.480. The minimum Gasteiger partial charge on any atom is -0.496 e. The Balaban J connectivity index is 2.19. The first-order valence-electron chi connectivity index (χ1n) is 10.4. The summed E-state index contributed by atoms with van der Waals surface area (Å²) in [5.41, 5.74) is 5.59. The largest absolute Gasteiger partial charge is 0.496 e. The van der Waals surface area contributed by atoms with Gasteiger partial charge in [-0.15, -0.1) is 0 Å². The number of rotatable bonds is 8. The van der Waals surface area contributed by atoms with Gasteiger partial charge in [-0.2, -0.15) is 0 Å². The third kappa shape index (κ3) is 5.75. The molecule has 0 aromatic heterocycles. The van der Waals surface area contributed by atoms with Gasteiger partial charge in [0.15, 0.2) is 6.10 Å². The molecule has 0 unspecified atom stereocenters. The van der Waals surface area contributed by atoms with Crippen molar-refractivity contribution in [2.45, 2.75) is 73.0 Å². The van der Waals surface area contributed by atoms with Crippen LogP contribution in [0.2, 0.25) is 0 Å². The van der Waals surface area contributed by atoms with Gasteiger partial charge in [0.25, 0.3) is 5.91 Å². The van der Waals surface area contributed by atoms with Crippen molar-refractivity contribution in [2.75, 3.05) is 7.11 Å². The first kappa shape index (κ1) is 22.8. The van der Waals surface area contributed by atoms with Crippen molar-refractivity contribution in [3.63, 3.8) is 0 Å². The monoisotopic (exact) mass is 397 g/mol. The Hall–Kier alpha value is -2.49. The maximum absolute atomic E-state index is 12.9. The van der Waals surface area contributed by atoms with Crippen LogP contribution in [0, 0.1) is 20.8 Å². The topological polar surface area (TPSA) is 47.6 Å². The zero-order chi connectivity index (χ0) is 21.7. The Labute approximate surface area is 175 Å². The number of aryl methyl sites for hydroxylation is 3. The number of amides is 1. The number of benzene rings is 2. The van der Waals surface area contributed by atoms with Gasteiger partial charge in [0, 0.05) is 0 Å². The molecule has 4 nitrogen and oxygen atoms in total. The molecular formula is C25H35NO3. The molecule has 0 aliphatic heterocycles. The fourth-order valence-electron chi connectivity index (χ4n) is 3.68. The zero-order valence-electron chi connectivity index (χ0n) is 19.1. The van der Waals surface area contributed by atoms with E-state index in [0.29, 0.717) is 12.3 Å². The summed E-state index contributed by atoms with van der Waals surface area (Å²) in [7, 11) is 1.70. The molecule has 2 aromatic carbocycles. The number of carbonyl (C=O) groups is 1. The minimum atomic E-state index is -0.526. The number of carbonyl (C=O) groups excluding carboxylic acids is 1. The number of methoxy groups -OCH3 is 1. The van der Waals surface area contributed by atoms with Crippen molar-refractivity contribution >= 4 is 5.91 Å². The maximum atomic E-state index is 12.9. The van der Waals surface area contributed by atoms with Gasteiger partial charge in [0.1, 0.15) is 11.5 Å². The van der Waals surface area contributed by atoms with Crippen LogP contribution in [-0.2, 0) is 4.79 Å². The van der Waals surface area contributed by atoms with Crippen molar-refractivity contribution in [3.8, 4) is 11.5 Å². The first-order valence-corrected chi connectivity index (χ1v) is 10.4. The lowest BCUT2D eigenvalue weighted by atomic mass is 9.93. The molecule has 158 valence electrons. The molecule has 0 saturated carbocycles. The molecule has 2 rings (SSSR count). The smallest absolute Gasteiger partial charge is 0.261 e. The van der Waals surface area contributed by atoms with Crippen molar-refractivity contribution in [2.24, 2.45) is 0 Å². The third-order valence-electron chi connectivity index (χ3n) is 5.20. The average molecular weight is 398 g/mol. The molecule has 2 aromatic rings. The predicted molar refractivity (Wildman–Crippen MR) is 119 cm³/mol. The number of hydrogen-bond donors (Lipinski definition) is 1. The number of nitrogens with one attached hydrogen (secondary N) is 1. The van der Waals surface area contributed by atoms with Crippen molar-refractivity contribution in [1.29, 1.82) is 0 Å². The van der Waals surface area contributed by atoms with E-state index < -0.39 is 6.10 Å². The van der Waals surface area contributed by atoms with Gasteiger partial charge in [-0.3, -0.25) is 4.79 Å². The third-order valence-corrected chi connectivity index (χ3v) is 5.20. The highest BCUT2D eigenvalue weighted by Crippen LogP contribution is 2.32. The molecule has 1 N–H and O–H groups in total. The fourth-order valence-corrected chi connectivity index (χ4v) is 3.68. The van der Waals surface area contributed by atoms with E-state index in [1.807, 2.05) is 46.8 Å². The molecule has 0 aliphatic rings. The predicted octanol–water partition coefficient (Wildman–Crippen LogP) is 5.78. The van der Waals surface area contributed by atoms with E-state index in [9.17, 15) is 4.79 Å². The van der Waals surface area contributed by atoms with Crippen LogP contribution in [0.25, 0.3) is 0 Å². The van der Waals surface area contributed by atoms with E-state index in [1.54, 1.807) is 7.11 Å². The molecule has 1 amide bonds. The van der Waals surface area contributed by atoms with E-state index in [2.05, 4.69) is 37.4 Å². The van der Waals surface area contributed by atoms with Crippen LogP contribution in [0.5, 0.6) is 11.5 Å². The van der Waals surface area contributed by atoms with E-state index in [0.717, 1.165) is 39.3 Å². The average Bonchev–Trinajstić information content (AvgIpc) is 2.64. The van der Waals surface area contributed by atoms with Gasteiger partial charge in [-0.25, -0.2) is 0 Å². The Bertz CT molecular complexity index is 837. The molecule has 4 heteroatoms. The Kier molecular flexibility index (Phi) is 7.72. The highest BCUT2D eigenvalue weighted by molar-refractivity contribution is 5.81. The first-order chi connectivity index (χ1) is 13.7. The van der Waals surface area contributed by atoms with E-state index in [4.69, 9.17) is 9.47 Å². The molecule has 0 fully saturated rings. The van der Waals surface area contributed by atoms with Crippen LogP contribution in [-0.4, -0.2) is 19.1 Å². The van der Waals surface area contributed by atoms with Crippen LogP contribution in [0.15, 0.2) is 30.3 Å². The summed E-state index contributed by atoms with van der Waals surface area (Å²) >= 11 is 0. The van der Waals surface area contributed by atoms with Crippen molar-refractivity contribution in [3.05, 3.63) is 58.1 Å². The lowest BCUT2D eigenvalue weighted by Crippen LogP contribution is -2.39. The molecule has 29 heavy (non-hydrogen) atoms. The van der Waals surface area contributed by atoms with Gasteiger partial charge in [-0.1, -0.05) is 26.8 Å². The maximum Gasteiger partial charge on any atom is 0.261 e. The molecule has 0 spiro atoms. The highest BCUT2D eigenvalue weighted by Gasteiger charge is 2.22. The van der Waals surface area contributed by atoms with E-state index in [1.165, 1.54) is 0 Å². The standard InChI is InChI=1S/C25H35NO3/c1-9-23(29-20-11-16(4)10-17(5)12-20)25(27)26-19(7)22-14-21(15(2)3)24(28-8)13-18(22)6/h10-15,19,23H,9H2,1-8H3,(H,26,27)/t19-,23-/m1/s1. The van der Waals surface area contributed by atoms with Crippen LogP contribution in [0.1, 0.15) is 73.9 Å². The van der Waals surface area contributed by atoms with Crippen molar-refractivity contribution < 1.29 is 14.3 Å². The molecule has 0 bridgehead atoms. The summed E-state index contributed by atoms with van der Waals surface area (Å²) in [5, 5.41) is 3.14. The summed E-state index contributed by atoms with van der Waals surface area (Å²) < 4.78 is 11.6. The summed E-state index contributed by atoms with van der Waals surface area (Å²) in [6, 6.07) is 10.1. The summed E-state index contributed by atoms with van der Waals surface area (Å²) in [4.78, 5) is 12.9. The van der Waals surface area contributed by atoms with Gasteiger partial charge >= 0.3 is 0 Å². The Morgan fingerprint density at radius 2 is 1.59 bits per heavy atom. The van der Waals surface area contributed by atoms with Crippen molar-refractivity contribution in [1.82, 2.24) is 5.32 Å². The second-order valence-electron chi connectivity index (χ2n) is 8.17. The summed E-state index contributed by atoms with van der Waals surface area (Å²) in [5.74, 6) is 1.87.